The number of methoxy groups -OCH3 is 3. The molecule has 0 bridgehead atoms. The summed E-state index contributed by atoms with van der Waals surface area (Å²) in [4.78, 5) is 141. The number of carboxylic acids is 2. The Morgan fingerprint density at radius 1 is 0.558 bits per heavy atom. The fraction of sp³-hybridized carbons (Fsp3) is 0.283. The van der Waals surface area contributed by atoms with Crippen molar-refractivity contribution in [3.8, 4) is 33.4 Å². The molecule has 1 aliphatic heterocycles. The van der Waals surface area contributed by atoms with E-state index in [9.17, 15) is 62.2 Å². The van der Waals surface area contributed by atoms with Crippen LogP contribution in [0.15, 0.2) is 198 Å². The fourth-order valence-corrected chi connectivity index (χ4v) is 13.0. The summed E-state index contributed by atoms with van der Waals surface area (Å²) in [6.45, 7) is 7.25. The van der Waals surface area contributed by atoms with Crippen LogP contribution in [0.25, 0.3) is 33.4 Å². The quantitative estimate of drug-likeness (QED) is 0.00502. The monoisotopic (exact) mass is 2520 g/mol. The molecule has 0 saturated carbocycles. The number of alkyl halides is 3. The Morgan fingerprint density at radius 3 is 1.24 bits per heavy atom. The first-order valence-electron chi connectivity index (χ1n) is 42.3. The Labute approximate surface area is 1020 Å². The molecule has 1 atom stereocenters. The number of nitrogens with zero attached hydrogens (tertiary/aromatic N) is 14. The summed E-state index contributed by atoms with van der Waals surface area (Å²) in [5, 5.41) is 88.9. The van der Waals surface area contributed by atoms with E-state index in [0.29, 0.717) is 62.6 Å². The number of ether oxygens (including phenoxy) is 5. The first-order valence-corrected chi connectivity index (χ1v) is 45.5. The summed E-state index contributed by atoms with van der Waals surface area (Å²) in [6.07, 6.45) is 22.4. The van der Waals surface area contributed by atoms with Crippen LogP contribution in [0.3, 0.4) is 0 Å². The normalized spacial score (nSPS) is 10.8. The van der Waals surface area contributed by atoms with E-state index >= 15 is 0 Å². The molecule has 5 aromatic carbocycles. The Balaban J connectivity index is -0.00000168. The van der Waals surface area contributed by atoms with Crippen LogP contribution in [-0.2, 0) is 68.6 Å². The van der Waals surface area contributed by atoms with Gasteiger partial charge in [0.1, 0.15) is 11.3 Å². The van der Waals surface area contributed by atoms with Gasteiger partial charge in [0.2, 0.25) is 0 Å². The second kappa shape index (κ2) is 74.2. The molecule has 55 heteroatoms. The van der Waals surface area contributed by atoms with Gasteiger partial charge in [-0.25, -0.2) is 24.0 Å². The summed E-state index contributed by atoms with van der Waals surface area (Å²) in [6, 6.07) is 34.4. The van der Waals surface area contributed by atoms with Crippen LogP contribution in [0, 0.1) is 0 Å². The molecule has 0 radical (unpaired) electrons. The van der Waals surface area contributed by atoms with Gasteiger partial charge in [0.05, 0.1) is 88.4 Å². The Kier molecular flexibility index (Phi) is 69.2. The number of H-pyrrole nitrogens is 2. The predicted octanol–water partition coefficient (Wildman–Crippen LogP) is -0.500. The molecule has 14 N–H and O–H groups in total. The number of carboxylic acid groups (broad SMARTS) is 2. The van der Waals surface area contributed by atoms with Crippen LogP contribution in [0.4, 0.5) is 37.6 Å². The average Bonchev–Trinajstić information content (AvgIpc) is 1.83. The van der Waals surface area contributed by atoms with Crippen molar-refractivity contribution in [1.29, 1.82) is 0 Å². The number of aliphatic hydroxyl groups excluding tert-OH is 1. The van der Waals surface area contributed by atoms with Crippen molar-refractivity contribution >= 4 is 164 Å². The molecule has 147 heavy (non-hydrogen) atoms. The van der Waals surface area contributed by atoms with Crippen LogP contribution in [0.1, 0.15) is 174 Å². The van der Waals surface area contributed by atoms with E-state index in [1.54, 1.807) is 203 Å². The SMILES string of the molecule is C.COC(=O)c1nn(C)cc1N.COC(=O)c1nn(C)cc1NC(=O)c1cccc(-c2cnn(C(=O)OC(C)(C)C)c2)c1.COC(=O)c1nn(C)cc1NC(=O)c1cccc(Br)c1.Cn1cc(NC(=O)c2cccc(-c3cn[nH]c3)c2)c(C(=O)NCCCCBr)n1.Cn1cc(NC(=O)c2cccc(-c3cn[nH]c3)c2)c(C(=O)[O-])n1.NCCCCBr.O=C(O)c1cccc(Br)c1.O=CO[O-].OC1CCCO1.[2H]CF.[Cs+].[Cs+].[H-].[Li+].[Li+].[OH-]. The van der Waals surface area contributed by atoms with Crippen LogP contribution < -0.4 is 224 Å². The molecule has 770 valence electrons. The van der Waals surface area contributed by atoms with Crippen molar-refractivity contribution in [2.24, 2.45) is 41.0 Å². The number of carbonyl (C=O) groups excluding carboxylic acids is 11. The van der Waals surface area contributed by atoms with Gasteiger partial charge < -0.3 is 98.9 Å². The Bertz CT molecular complexity index is 6310. The average molecular weight is 2530 g/mol. The number of aromatic carboxylic acids is 2. The maximum atomic E-state index is 12.7. The molecule has 0 aliphatic carbocycles. The number of anilines is 5. The molecule has 5 amide bonds. The van der Waals surface area contributed by atoms with E-state index in [4.69, 9.17) is 47.3 Å². The number of unbranched alkanes of at least 4 members (excludes halogenated alkanes) is 2. The van der Waals surface area contributed by atoms with Gasteiger partial charge in [0.25, 0.3) is 36.0 Å². The van der Waals surface area contributed by atoms with Crippen molar-refractivity contribution < 1.29 is 295 Å². The molecule has 1 unspecified atom stereocenters. The van der Waals surface area contributed by atoms with E-state index in [-0.39, 0.29) is 254 Å². The van der Waals surface area contributed by atoms with Crippen molar-refractivity contribution in [3.05, 3.63) is 255 Å². The fourth-order valence-electron chi connectivity index (χ4n) is 11.4. The van der Waals surface area contributed by atoms with Gasteiger partial charge in [-0.1, -0.05) is 120 Å². The second-order valence-electron chi connectivity index (χ2n) is 29.6. The minimum absolute atomic E-state index is 0. The van der Waals surface area contributed by atoms with Crippen molar-refractivity contribution in [2.45, 2.75) is 78.6 Å². The van der Waals surface area contributed by atoms with E-state index in [2.05, 4.69) is 156 Å². The summed E-state index contributed by atoms with van der Waals surface area (Å²) < 4.78 is 49.0. The summed E-state index contributed by atoms with van der Waals surface area (Å²) >= 11 is 13.1. The molecule has 46 nitrogen and oxygen atoms in total. The number of benzene rings is 5. The predicted molar refractivity (Wildman–Crippen MR) is 536 cm³/mol. The minimum Gasteiger partial charge on any atom is -1.00 e. The maximum absolute atomic E-state index is 12.7. The van der Waals surface area contributed by atoms with Gasteiger partial charge in [-0.2, -0.15) is 45.5 Å². The number of halogens is 5. The number of rotatable bonds is 25. The largest absolute Gasteiger partial charge is 1.00 e. The zero-order chi connectivity index (χ0) is 105. The Hall–Kier alpha value is -9.83. The summed E-state index contributed by atoms with van der Waals surface area (Å²) in [7, 11) is 11.0. The summed E-state index contributed by atoms with van der Waals surface area (Å²) in [5.41, 5.74) is 18.2. The summed E-state index contributed by atoms with van der Waals surface area (Å²) in [5.74, 6) is -5.94. The molecule has 1 saturated heterocycles. The zero-order valence-corrected chi connectivity index (χ0v) is 101. The van der Waals surface area contributed by atoms with Gasteiger partial charge in [-0.3, -0.25) is 66.8 Å². The number of hydrogen-bond donors (Lipinski definition) is 11. The number of esters is 3. The number of nitrogens with one attached hydrogen (secondary N) is 7. The molecule has 1 aliphatic rings. The number of amides is 5. The van der Waals surface area contributed by atoms with E-state index in [0.717, 1.165) is 91.8 Å². The van der Waals surface area contributed by atoms with E-state index in [1.807, 2.05) is 18.2 Å². The van der Waals surface area contributed by atoms with Gasteiger partial charge in [-0.15, -0.1) is 0 Å². The first-order chi connectivity index (χ1) is 67.7. The molecule has 8 aromatic heterocycles. The molecule has 0 spiro atoms. The third-order valence-electron chi connectivity index (χ3n) is 17.8. The standard InChI is InChI=1S/C21H23N5O5.C19H21BrN6O2.C15H13N5O3.C13H12BrN3O3.C7H5BrO2.C6H9N3O2.C4H10BrN.C4H8O2.CH3F.CH2O3.CH4.2Cs.2Li.H2O.H/c1-21(2,3)31-20(29)26-11-15(10-22-26)13-7-6-8-14(9-13)18(27)23-16-12-25(4)24-17(16)19(28)30-5;1-26-12-16(17(25-26)19(28)21-8-3-2-7-20)24-18(27)14-6-4-5-13(9-14)15-10-22-23-11-15;1-20-8-12(13(19-20)15(22)23)18-14(21)10-4-2-3-9(5-10)11-6-16-17-7-11;1-17-7-10(11(16-17)13(19)20-2)15-12(18)8-4-3-5-9(14)6-8;8-6-3-1-2-5(4-6)7(9)10;1-9-3-4(7)5(8-9)6(10)11-2;5-3-1-2-4-6;5-4-2-1-3-6-4;1-2;2-1-4-3;;;;;;;/h6-12H,1-5H3,(H,23,27);4-6,9-12H,2-3,7-8H2,1H3,(H,21,28)(H,22,23)(H,24,27);2-8H,1H3,(H,16,17)(H,18,21)(H,22,23);3-7H,1-2H3,(H,15,18);1-4H,(H,9,10);3H,7H2,1-2H3;1-4,6H2;4-5H,1-3H2;1H3;1,3H;1H4;;;;;1H2;/q;;;;;;;;;;;4*+1;;-1/p-3/i;;;;;;;;1D;;;;;;;;. The van der Waals surface area contributed by atoms with Gasteiger partial charge in [-0.05, 0) is 149 Å². The number of nitrogens with two attached hydrogens (primary N) is 2. The molecular weight excluding hydrogens is 2410 g/mol. The molecule has 14 rings (SSSR count). The number of aromatic amines is 2. The maximum Gasteiger partial charge on any atom is 1.00 e. The number of hydrogen-bond acceptors (Lipinski definition) is 32. The van der Waals surface area contributed by atoms with Crippen molar-refractivity contribution in [3.63, 3.8) is 0 Å². The smallest absolute Gasteiger partial charge is 1.00 e. The number of aliphatic hydroxyl groups is 1. The number of aromatic nitrogens is 16. The first kappa shape index (κ1) is 137. The van der Waals surface area contributed by atoms with Crippen LogP contribution >= 0.6 is 63.7 Å². The van der Waals surface area contributed by atoms with Crippen molar-refractivity contribution in [2.75, 3.05) is 85.8 Å². The third kappa shape index (κ3) is 49.2. The van der Waals surface area contributed by atoms with Gasteiger partial charge in [0, 0.05) is 163 Å². The van der Waals surface area contributed by atoms with Gasteiger partial charge in [0.15, 0.2) is 29.1 Å². The van der Waals surface area contributed by atoms with E-state index in [1.165, 1.54) is 75.9 Å². The zero-order valence-electron chi connectivity index (χ0n) is 84.3. The Morgan fingerprint density at radius 2 is 0.918 bits per heavy atom. The molecule has 9 heterocycles. The van der Waals surface area contributed by atoms with Crippen molar-refractivity contribution in [1.82, 2.24) is 84.4 Å². The number of nitrogen functional groups attached to an aromatic ring is 1. The van der Waals surface area contributed by atoms with Crippen LogP contribution in [-0.4, -0.2) is 237 Å². The van der Waals surface area contributed by atoms with E-state index < -0.39 is 66.8 Å². The number of aryl methyl sites for hydroxylation is 5. The van der Waals surface area contributed by atoms with Crippen LogP contribution in [0.5, 0.6) is 0 Å². The molecule has 1 fully saturated rings. The van der Waals surface area contributed by atoms with Gasteiger partial charge >= 0.3 is 205 Å². The van der Waals surface area contributed by atoms with Crippen LogP contribution in [0.2, 0.25) is 0 Å². The minimum atomic E-state index is -1.45. The topological polar surface area (TPSA) is 653 Å². The molecule has 13 aromatic rings. The second-order valence-corrected chi connectivity index (χ2v) is 33.1. The molecular formula is C92H110Br4Cs2FLi2N23O23. The number of carbonyl (C=O) groups is 12. The third-order valence-corrected chi connectivity index (χ3v) is 19.9.